The molecule has 0 saturated heterocycles. The largest absolute Gasteiger partial charge is 0.347 e. The number of amides is 1. The Bertz CT molecular complexity index is 1320. The second-order valence-electron chi connectivity index (χ2n) is 7.40. The quantitative estimate of drug-likeness (QED) is 0.405. The lowest BCUT2D eigenvalue weighted by molar-refractivity contribution is 0.0942. The molecule has 0 aliphatic carbocycles. The number of H-pyrrole nitrogens is 2. The molecule has 5 aromatic rings. The minimum atomic E-state index is -0.108. The van der Waals surface area contributed by atoms with Crippen LogP contribution in [0.1, 0.15) is 45.2 Å². The number of thiazole rings is 1. The molecular weight excluding hydrogens is 398 g/mol. The maximum Gasteiger partial charge on any atom is 0.268 e. The number of aromatic amines is 2. The van der Waals surface area contributed by atoms with Gasteiger partial charge in [0.25, 0.3) is 5.91 Å². The molecule has 0 bridgehead atoms. The Kier molecular flexibility index (Phi) is 4.39. The van der Waals surface area contributed by atoms with Crippen molar-refractivity contribution < 1.29 is 4.79 Å². The summed E-state index contributed by atoms with van der Waals surface area (Å²) >= 11 is 1.63. The number of carbonyl (C=O) groups is 1. The lowest BCUT2D eigenvalue weighted by atomic mass is 10.1. The van der Waals surface area contributed by atoms with Crippen LogP contribution in [0.15, 0.2) is 36.7 Å². The van der Waals surface area contributed by atoms with Crippen molar-refractivity contribution in [1.29, 1.82) is 0 Å². The first-order chi connectivity index (χ1) is 14.5. The highest BCUT2D eigenvalue weighted by Gasteiger charge is 2.24. The number of nitrogens with zero attached hydrogens (tertiary/aromatic N) is 4. The average molecular weight is 420 g/mol. The average Bonchev–Trinajstić information content (AvgIpc) is 3.52. The Morgan fingerprint density at radius 1 is 1.27 bits per heavy atom. The van der Waals surface area contributed by atoms with Gasteiger partial charge < -0.3 is 9.88 Å². The van der Waals surface area contributed by atoms with Crippen molar-refractivity contribution in [3.05, 3.63) is 64.2 Å². The van der Waals surface area contributed by atoms with Crippen LogP contribution in [0, 0.1) is 6.92 Å². The number of fused-ring (bicyclic) bond motifs is 2. The van der Waals surface area contributed by atoms with E-state index in [0.29, 0.717) is 12.2 Å². The molecule has 1 atom stereocenters. The van der Waals surface area contributed by atoms with Crippen LogP contribution in [0.2, 0.25) is 0 Å². The number of rotatable bonds is 5. The summed E-state index contributed by atoms with van der Waals surface area (Å²) in [6.45, 7) is 4.52. The Hall–Kier alpha value is -3.46. The molecule has 3 N–H and O–H groups in total. The van der Waals surface area contributed by atoms with Gasteiger partial charge in [-0.1, -0.05) is 19.1 Å². The fourth-order valence-corrected chi connectivity index (χ4v) is 5.02. The van der Waals surface area contributed by atoms with Crippen LogP contribution in [0.25, 0.3) is 21.3 Å². The fourth-order valence-electron chi connectivity index (χ4n) is 3.86. The van der Waals surface area contributed by atoms with Crippen molar-refractivity contribution in [3.8, 4) is 0 Å². The van der Waals surface area contributed by atoms with E-state index in [1.165, 1.54) is 0 Å². The van der Waals surface area contributed by atoms with Gasteiger partial charge in [-0.05, 0) is 30.2 Å². The Morgan fingerprint density at radius 2 is 2.13 bits per heavy atom. The molecule has 4 aromatic heterocycles. The van der Waals surface area contributed by atoms with Crippen molar-refractivity contribution in [1.82, 2.24) is 35.3 Å². The first-order valence-corrected chi connectivity index (χ1v) is 10.5. The van der Waals surface area contributed by atoms with Gasteiger partial charge >= 0.3 is 0 Å². The second kappa shape index (κ2) is 7.10. The van der Waals surface area contributed by atoms with E-state index in [0.717, 1.165) is 43.1 Å². The second-order valence-corrected chi connectivity index (χ2v) is 8.43. The van der Waals surface area contributed by atoms with E-state index >= 15 is 0 Å². The van der Waals surface area contributed by atoms with Gasteiger partial charge in [0.05, 0.1) is 16.4 Å². The van der Waals surface area contributed by atoms with E-state index < -0.39 is 0 Å². The number of benzene rings is 1. The molecule has 30 heavy (non-hydrogen) atoms. The van der Waals surface area contributed by atoms with E-state index in [9.17, 15) is 4.79 Å². The summed E-state index contributed by atoms with van der Waals surface area (Å²) < 4.78 is 2.93. The lowest BCUT2D eigenvalue weighted by Gasteiger charge is -2.09. The Morgan fingerprint density at radius 3 is 2.90 bits per heavy atom. The van der Waals surface area contributed by atoms with Gasteiger partial charge in [0, 0.05) is 36.8 Å². The fraction of sp³-hybridized carbons (Fsp3) is 0.238. The monoisotopic (exact) mass is 419 g/mol. The van der Waals surface area contributed by atoms with Crippen LogP contribution in [0.4, 0.5) is 0 Å². The maximum atomic E-state index is 13.0. The van der Waals surface area contributed by atoms with Crippen molar-refractivity contribution in [3.63, 3.8) is 0 Å². The molecule has 0 aliphatic rings. The third-order valence-electron chi connectivity index (χ3n) is 5.56. The normalized spacial score (nSPS) is 12.6. The summed E-state index contributed by atoms with van der Waals surface area (Å²) in [5.74, 6) is 0.0147. The summed E-state index contributed by atoms with van der Waals surface area (Å²) in [5, 5.41) is 19.2. The molecule has 1 unspecified atom stereocenters. The van der Waals surface area contributed by atoms with Gasteiger partial charge in [-0.25, -0.2) is 4.98 Å². The molecule has 0 spiro atoms. The van der Waals surface area contributed by atoms with Gasteiger partial charge in [-0.3, -0.25) is 15.0 Å². The zero-order valence-corrected chi connectivity index (χ0v) is 17.7. The minimum absolute atomic E-state index is 0.108. The summed E-state index contributed by atoms with van der Waals surface area (Å²) in [5.41, 5.74) is 5.44. The maximum absolute atomic E-state index is 13.0. The van der Waals surface area contributed by atoms with Crippen molar-refractivity contribution >= 4 is 38.5 Å². The molecular formula is C21H21N7OS. The lowest BCUT2D eigenvalue weighted by Crippen LogP contribution is -2.25. The minimum Gasteiger partial charge on any atom is -0.347 e. The highest BCUT2D eigenvalue weighted by molar-refractivity contribution is 7.18. The first-order valence-electron chi connectivity index (χ1n) is 9.68. The van der Waals surface area contributed by atoms with Crippen LogP contribution < -0.4 is 5.32 Å². The molecule has 4 heterocycles. The number of hydrogen-bond acceptors (Lipinski definition) is 5. The summed E-state index contributed by atoms with van der Waals surface area (Å²) in [6, 6.07) is 7.89. The van der Waals surface area contributed by atoms with E-state index in [-0.39, 0.29) is 11.8 Å². The zero-order chi connectivity index (χ0) is 20.8. The highest BCUT2D eigenvalue weighted by atomic mass is 32.1. The van der Waals surface area contributed by atoms with Gasteiger partial charge in [-0.2, -0.15) is 10.2 Å². The van der Waals surface area contributed by atoms with Crippen molar-refractivity contribution in [2.75, 3.05) is 0 Å². The number of carbonyl (C=O) groups excluding carboxylic acids is 1. The molecule has 152 valence electrons. The number of nitrogens with one attached hydrogen (secondary N) is 3. The van der Waals surface area contributed by atoms with Gasteiger partial charge in [0.15, 0.2) is 5.65 Å². The predicted octanol–water partition coefficient (Wildman–Crippen LogP) is 3.62. The molecule has 0 saturated carbocycles. The van der Waals surface area contributed by atoms with Crippen LogP contribution >= 0.6 is 11.3 Å². The van der Waals surface area contributed by atoms with E-state index in [1.807, 2.05) is 42.8 Å². The van der Waals surface area contributed by atoms with Crippen molar-refractivity contribution in [2.45, 2.75) is 26.3 Å². The van der Waals surface area contributed by atoms with Crippen LogP contribution in [-0.2, 0) is 13.6 Å². The molecule has 0 radical (unpaired) electrons. The van der Waals surface area contributed by atoms with Crippen LogP contribution in [0.3, 0.4) is 0 Å². The summed E-state index contributed by atoms with van der Waals surface area (Å²) in [6.07, 6.45) is 3.53. The molecule has 1 amide bonds. The van der Waals surface area contributed by atoms with E-state index in [2.05, 4.69) is 32.6 Å². The Labute approximate surface area is 176 Å². The third kappa shape index (κ3) is 2.89. The molecule has 9 heteroatoms. The standard InChI is InChI=1S/C21H21N7OS/c1-11(15-7-8-23-26-15)21-25-19-18(30-21)12(2)17(28(19)3)20(29)22-9-13-5-4-6-16-14(13)10-24-27-16/h4-8,10-11H,9H2,1-3H3,(H,22,29)(H,23,26)(H,24,27). The zero-order valence-electron chi connectivity index (χ0n) is 16.9. The topological polar surface area (TPSA) is 104 Å². The van der Waals surface area contributed by atoms with Crippen molar-refractivity contribution in [2.24, 2.45) is 7.05 Å². The molecule has 0 fully saturated rings. The molecule has 8 nitrogen and oxygen atoms in total. The van der Waals surface area contributed by atoms with Crippen LogP contribution in [0.5, 0.6) is 0 Å². The van der Waals surface area contributed by atoms with E-state index in [1.54, 1.807) is 23.7 Å². The number of aryl methyl sites for hydroxylation is 2. The SMILES string of the molecule is Cc1c(C(=O)NCc2cccc3[nH]ncc23)n(C)c2nc(C(C)c3ccn[nH]3)sc12. The van der Waals surface area contributed by atoms with Gasteiger partial charge in [-0.15, -0.1) is 11.3 Å². The highest BCUT2D eigenvalue weighted by Crippen LogP contribution is 2.35. The molecule has 1 aromatic carbocycles. The van der Waals surface area contributed by atoms with Crippen LogP contribution in [-0.4, -0.2) is 35.9 Å². The first kappa shape index (κ1) is 18.6. The predicted molar refractivity (Wildman–Crippen MR) is 117 cm³/mol. The summed E-state index contributed by atoms with van der Waals surface area (Å²) in [4.78, 5) is 17.8. The van der Waals surface area contributed by atoms with Gasteiger partial charge in [0.2, 0.25) is 0 Å². The van der Waals surface area contributed by atoms with Gasteiger partial charge in [0.1, 0.15) is 10.7 Å². The number of hydrogen-bond donors (Lipinski definition) is 3. The summed E-state index contributed by atoms with van der Waals surface area (Å²) in [7, 11) is 1.89. The molecule has 0 aliphatic heterocycles. The van der Waals surface area contributed by atoms with E-state index in [4.69, 9.17) is 4.98 Å². The smallest absolute Gasteiger partial charge is 0.268 e. The third-order valence-corrected chi connectivity index (χ3v) is 6.91. The molecule has 5 rings (SSSR count). The Balaban J connectivity index is 1.42. The number of aromatic nitrogens is 6.